The lowest BCUT2D eigenvalue weighted by atomic mass is 10.3. The second kappa shape index (κ2) is 7.55. The van der Waals surface area contributed by atoms with Gasteiger partial charge in [-0.3, -0.25) is 4.79 Å². The van der Waals surface area contributed by atoms with E-state index >= 15 is 0 Å². The molecule has 1 atom stereocenters. The van der Waals surface area contributed by atoms with E-state index in [1.165, 1.54) is 14.0 Å². The molecule has 0 aliphatic rings. The van der Waals surface area contributed by atoms with Gasteiger partial charge < -0.3 is 15.8 Å². The van der Waals surface area contributed by atoms with Gasteiger partial charge in [0.05, 0.1) is 18.4 Å². The molecule has 0 aliphatic heterocycles. The number of methoxy groups -OCH3 is 1. The van der Waals surface area contributed by atoms with E-state index < -0.39 is 22.0 Å². The van der Waals surface area contributed by atoms with Crippen LogP contribution in [0.1, 0.15) is 6.92 Å². The maximum atomic E-state index is 11.4. The first kappa shape index (κ1) is 15.3. The molecule has 0 heterocycles. The third-order valence-corrected chi connectivity index (χ3v) is 3.23. The SMILES string of the molecule is COCCNC(=O)C(C)NS(=O)(=O)CCN. The van der Waals surface area contributed by atoms with E-state index in [0.717, 1.165) is 0 Å². The molecule has 4 N–H and O–H groups in total. The van der Waals surface area contributed by atoms with E-state index in [1.807, 2.05) is 0 Å². The average Bonchev–Trinajstić information content (AvgIpc) is 2.16. The van der Waals surface area contributed by atoms with Crippen molar-refractivity contribution in [3.05, 3.63) is 0 Å². The van der Waals surface area contributed by atoms with E-state index in [0.29, 0.717) is 13.2 Å². The molecule has 8 heteroatoms. The lowest BCUT2D eigenvalue weighted by Gasteiger charge is -2.13. The Morgan fingerprint density at radius 3 is 2.62 bits per heavy atom. The van der Waals surface area contributed by atoms with Gasteiger partial charge in [0, 0.05) is 20.2 Å². The third kappa shape index (κ3) is 6.72. The highest BCUT2D eigenvalue weighted by atomic mass is 32.2. The summed E-state index contributed by atoms with van der Waals surface area (Å²) in [5.74, 6) is -0.583. The summed E-state index contributed by atoms with van der Waals surface area (Å²) in [5.41, 5.74) is 5.13. The topological polar surface area (TPSA) is 111 Å². The second-order valence-electron chi connectivity index (χ2n) is 3.23. The maximum absolute atomic E-state index is 11.4. The highest BCUT2D eigenvalue weighted by Gasteiger charge is 2.18. The molecule has 1 amide bonds. The summed E-state index contributed by atoms with van der Waals surface area (Å²) in [6.45, 7) is 2.22. The number of nitrogens with one attached hydrogen (secondary N) is 2. The van der Waals surface area contributed by atoms with Crippen molar-refractivity contribution in [3.8, 4) is 0 Å². The predicted octanol–water partition coefficient (Wildman–Crippen LogP) is -1.98. The molecule has 1 unspecified atom stereocenters. The zero-order chi connectivity index (χ0) is 12.6. The molecule has 16 heavy (non-hydrogen) atoms. The summed E-state index contributed by atoms with van der Waals surface area (Å²) < 4.78 is 29.5. The minimum atomic E-state index is -3.47. The van der Waals surface area contributed by atoms with Crippen LogP contribution >= 0.6 is 0 Å². The van der Waals surface area contributed by atoms with Gasteiger partial charge in [-0.05, 0) is 6.92 Å². The van der Waals surface area contributed by atoms with E-state index in [9.17, 15) is 13.2 Å². The van der Waals surface area contributed by atoms with Crippen molar-refractivity contribution in [2.75, 3.05) is 32.6 Å². The summed E-state index contributed by atoms with van der Waals surface area (Å²) in [7, 11) is -1.96. The fraction of sp³-hybridized carbons (Fsp3) is 0.875. The fourth-order valence-electron chi connectivity index (χ4n) is 0.966. The van der Waals surface area contributed by atoms with Crippen LogP contribution in [0.3, 0.4) is 0 Å². The van der Waals surface area contributed by atoms with Crippen LogP contribution in [0, 0.1) is 0 Å². The van der Waals surface area contributed by atoms with Crippen LogP contribution in [-0.4, -0.2) is 52.9 Å². The second-order valence-corrected chi connectivity index (χ2v) is 5.10. The van der Waals surface area contributed by atoms with E-state index in [-0.39, 0.29) is 12.3 Å². The van der Waals surface area contributed by atoms with Crippen molar-refractivity contribution in [1.29, 1.82) is 0 Å². The Morgan fingerprint density at radius 2 is 2.12 bits per heavy atom. The van der Waals surface area contributed by atoms with Crippen LogP contribution in [0.5, 0.6) is 0 Å². The first-order chi connectivity index (χ1) is 7.43. The summed E-state index contributed by atoms with van der Waals surface area (Å²) in [5, 5.41) is 2.53. The highest BCUT2D eigenvalue weighted by molar-refractivity contribution is 7.89. The van der Waals surface area contributed by atoms with Crippen molar-refractivity contribution in [3.63, 3.8) is 0 Å². The Kier molecular flexibility index (Phi) is 7.22. The van der Waals surface area contributed by atoms with Gasteiger partial charge in [-0.15, -0.1) is 0 Å². The van der Waals surface area contributed by atoms with Gasteiger partial charge in [-0.1, -0.05) is 0 Å². The van der Waals surface area contributed by atoms with E-state index in [2.05, 4.69) is 10.0 Å². The number of sulfonamides is 1. The van der Waals surface area contributed by atoms with Crippen LogP contribution in [0.15, 0.2) is 0 Å². The molecule has 7 nitrogen and oxygen atoms in total. The largest absolute Gasteiger partial charge is 0.383 e. The molecule has 0 spiro atoms. The van der Waals surface area contributed by atoms with Gasteiger partial charge in [-0.25, -0.2) is 13.1 Å². The third-order valence-electron chi connectivity index (χ3n) is 1.74. The molecule has 0 aromatic rings. The highest BCUT2D eigenvalue weighted by Crippen LogP contribution is 1.89. The zero-order valence-electron chi connectivity index (χ0n) is 9.52. The summed E-state index contributed by atoms with van der Waals surface area (Å²) in [6, 6.07) is -0.812. The van der Waals surface area contributed by atoms with Gasteiger partial charge >= 0.3 is 0 Å². The fourth-order valence-corrected chi connectivity index (χ4v) is 2.04. The molecular formula is C8H19N3O4S. The average molecular weight is 253 g/mol. The number of rotatable bonds is 8. The van der Waals surface area contributed by atoms with Crippen LogP contribution in [-0.2, 0) is 19.6 Å². The number of hydrogen-bond donors (Lipinski definition) is 3. The lowest BCUT2D eigenvalue weighted by molar-refractivity contribution is -0.122. The van der Waals surface area contributed by atoms with E-state index in [4.69, 9.17) is 10.5 Å². The summed E-state index contributed by atoms with van der Waals surface area (Å²) in [6.07, 6.45) is 0. The van der Waals surface area contributed by atoms with Gasteiger partial charge in [-0.2, -0.15) is 0 Å². The Hall–Kier alpha value is -0.700. The number of amides is 1. The normalized spacial score (nSPS) is 13.4. The van der Waals surface area contributed by atoms with Crippen molar-refractivity contribution in [1.82, 2.24) is 10.0 Å². The first-order valence-electron chi connectivity index (χ1n) is 4.89. The van der Waals surface area contributed by atoms with Gasteiger partial charge in [0.1, 0.15) is 0 Å². The van der Waals surface area contributed by atoms with Crippen molar-refractivity contribution in [2.24, 2.45) is 5.73 Å². The molecule has 0 aliphatic carbocycles. The number of carbonyl (C=O) groups excluding carboxylic acids is 1. The van der Waals surface area contributed by atoms with Gasteiger partial charge in [0.15, 0.2) is 0 Å². The first-order valence-corrected chi connectivity index (χ1v) is 6.55. The smallest absolute Gasteiger partial charge is 0.237 e. The quantitative estimate of drug-likeness (QED) is 0.434. The van der Waals surface area contributed by atoms with Crippen LogP contribution < -0.4 is 15.8 Å². The molecular weight excluding hydrogens is 234 g/mol. The van der Waals surface area contributed by atoms with Gasteiger partial charge in [0.2, 0.25) is 15.9 Å². The minimum absolute atomic E-state index is 0.0212. The van der Waals surface area contributed by atoms with E-state index in [1.54, 1.807) is 0 Å². The van der Waals surface area contributed by atoms with Gasteiger partial charge in [0.25, 0.3) is 0 Å². The monoisotopic (exact) mass is 253 g/mol. The number of nitrogens with two attached hydrogens (primary N) is 1. The zero-order valence-corrected chi connectivity index (χ0v) is 10.3. The molecule has 0 fully saturated rings. The maximum Gasteiger partial charge on any atom is 0.237 e. The number of ether oxygens (including phenoxy) is 1. The van der Waals surface area contributed by atoms with Crippen molar-refractivity contribution >= 4 is 15.9 Å². The Bertz CT molecular complexity index is 304. The van der Waals surface area contributed by atoms with Crippen LogP contribution in [0.2, 0.25) is 0 Å². The Labute approximate surface area is 95.8 Å². The summed E-state index contributed by atoms with van der Waals surface area (Å²) >= 11 is 0. The molecule has 0 bridgehead atoms. The molecule has 96 valence electrons. The Morgan fingerprint density at radius 1 is 1.50 bits per heavy atom. The van der Waals surface area contributed by atoms with Crippen molar-refractivity contribution < 1.29 is 17.9 Å². The minimum Gasteiger partial charge on any atom is -0.383 e. The van der Waals surface area contributed by atoms with Crippen LogP contribution in [0.4, 0.5) is 0 Å². The number of carbonyl (C=O) groups is 1. The molecule has 0 aromatic heterocycles. The molecule has 0 aromatic carbocycles. The standard InChI is InChI=1S/C8H19N3O4S/c1-7(8(12)10-4-5-15-2)11-16(13,14)6-3-9/h7,11H,3-6,9H2,1-2H3,(H,10,12). The van der Waals surface area contributed by atoms with Crippen molar-refractivity contribution in [2.45, 2.75) is 13.0 Å². The summed E-state index contributed by atoms with van der Waals surface area (Å²) in [4.78, 5) is 11.4. The molecule has 0 radical (unpaired) electrons. The lowest BCUT2D eigenvalue weighted by Crippen LogP contribution is -2.46. The Balaban J connectivity index is 4.05. The molecule has 0 rings (SSSR count). The number of hydrogen-bond acceptors (Lipinski definition) is 5. The molecule has 0 saturated carbocycles. The molecule has 0 saturated heterocycles. The van der Waals surface area contributed by atoms with Crippen LogP contribution in [0.25, 0.3) is 0 Å². The predicted molar refractivity (Wildman–Crippen MR) is 60.3 cm³/mol.